The Kier molecular flexibility index (Phi) is 7.85. The molecule has 2 N–H and O–H groups in total. The van der Waals surface area contributed by atoms with Crippen molar-refractivity contribution in [3.8, 4) is 0 Å². The molecule has 0 saturated carbocycles. The molecule has 1 aliphatic rings. The maximum Gasteiger partial charge on any atom is 0.401 e. The second-order valence-corrected chi connectivity index (χ2v) is 6.88. The van der Waals surface area contributed by atoms with Crippen LogP contribution >= 0.6 is 0 Å². The molecule has 0 bridgehead atoms. The second kappa shape index (κ2) is 9.90. The third kappa shape index (κ3) is 7.14. The molecule has 28 heavy (non-hydrogen) atoms. The van der Waals surface area contributed by atoms with Gasteiger partial charge in [0.05, 0.1) is 12.2 Å². The molecule has 0 radical (unpaired) electrons. The number of guanidine groups is 1. The van der Waals surface area contributed by atoms with E-state index in [4.69, 9.17) is 0 Å². The molecule has 0 aliphatic carbocycles. The highest BCUT2D eigenvalue weighted by atomic mass is 19.4. The molecule has 1 unspecified atom stereocenters. The number of anilines is 1. The third-order valence-corrected chi connectivity index (χ3v) is 4.46. The lowest BCUT2D eigenvalue weighted by molar-refractivity contribution is -0.143. The Morgan fingerprint density at radius 2 is 2.07 bits per heavy atom. The molecule has 1 heterocycles. The number of nitrogens with zero attached hydrogens (tertiary/aromatic N) is 3. The van der Waals surface area contributed by atoms with Gasteiger partial charge in [-0.05, 0) is 38.6 Å². The van der Waals surface area contributed by atoms with Crippen molar-refractivity contribution in [1.82, 2.24) is 15.5 Å². The van der Waals surface area contributed by atoms with Gasteiger partial charge in [0.1, 0.15) is 11.6 Å². The number of aliphatic imine (C=N–C) groups is 1. The average molecular weight is 407 g/mol. The summed E-state index contributed by atoms with van der Waals surface area (Å²) in [6, 6.07) is 3.56. The van der Waals surface area contributed by atoms with Crippen LogP contribution in [0.3, 0.4) is 0 Å². The Balaban J connectivity index is 1.73. The van der Waals surface area contributed by atoms with E-state index < -0.39 is 24.4 Å². The Morgan fingerprint density at radius 1 is 1.32 bits per heavy atom. The Morgan fingerprint density at radius 3 is 2.71 bits per heavy atom. The molecule has 1 aromatic rings. The van der Waals surface area contributed by atoms with Gasteiger partial charge in [0.25, 0.3) is 0 Å². The second-order valence-electron chi connectivity index (χ2n) is 6.88. The van der Waals surface area contributed by atoms with E-state index in [1.54, 1.807) is 7.05 Å². The normalized spacial score (nSPS) is 18.1. The first-order chi connectivity index (χ1) is 13.2. The van der Waals surface area contributed by atoms with Gasteiger partial charge >= 0.3 is 6.18 Å². The van der Waals surface area contributed by atoms with Crippen molar-refractivity contribution in [2.45, 2.75) is 25.1 Å². The van der Waals surface area contributed by atoms with Gasteiger partial charge in [-0.25, -0.2) is 8.78 Å². The van der Waals surface area contributed by atoms with E-state index in [0.29, 0.717) is 44.2 Å². The Labute approximate surface area is 161 Å². The van der Waals surface area contributed by atoms with Crippen molar-refractivity contribution < 1.29 is 22.0 Å². The Bertz CT molecular complexity index is 664. The van der Waals surface area contributed by atoms with Crippen LogP contribution in [0.5, 0.6) is 0 Å². The van der Waals surface area contributed by atoms with Crippen LogP contribution in [0.15, 0.2) is 23.2 Å². The molecule has 5 nitrogen and oxygen atoms in total. The SMILES string of the molecule is CN=C(NCCCN(C)CC(F)(F)F)NC1CCN(c2ccc(F)cc2F)C1. The largest absolute Gasteiger partial charge is 0.401 e. The van der Waals surface area contributed by atoms with E-state index >= 15 is 0 Å². The van der Waals surface area contributed by atoms with Crippen LogP contribution in [0, 0.1) is 11.6 Å². The summed E-state index contributed by atoms with van der Waals surface area (Å²) in [4.78, 5) is 7.18. The molecular weight excluding hydrogens is 381 g/mol. The van der Waals surface area contributed by atoms with Crippen LogP contribution in [0.2, 0.25) is 0 Å². The molecule has 1 atom stereocenters. The van der Waals surface area contributed by atoms with Crippen LogP contribution in [0.4, 0.5) is 27.6 Å². The topological polar surface area (TPSA) is 42.9 Å². The first kappa shape index (κ1) is 22.2. The van der Waals surface area contributed by atoms with E-state index in [1.807, 2.05) is 4.90 Å². The third-order valence-electron chi connectivity index (χ3n) is 4.46. The fourth-order valence-electron chi connectivity index (χ4n) is 3.16. The minimum atomic E-state index is -4.20. The van der Waals surface area contributed by atoms with Crippen molar-refractivity contribution in [2.75, 3.05) is 51.7 Å². The van der Waals surface area contributed by atoms with Crippen LogP contribution in [0.1, 0.15) is 12.8 Å². The number of rotatable bonds is 7. The predicted molar refractivity (Wildman–Crippen MR) is 99.6 cm³/mol. The first-order valence-electron chi connectivity index (χ1n) is 9.10. The smallest absolute Gasteiger partial charge is 0.367 e. The predicted octanol–water partition coefficient (Wildman–Crippen LogP) is 2.59. The first-order valence-corrected chi connectivity index (χ1v) is 9.10. The van der Waals surface area contributed by atoms with E-state index in [2.05, 4.69) is 15.6 Å². The molecule has 0 spiro atoms. The molecule has 2 rings (SSSR count). The van der Waals surface area contributed by atoms with Gasteiger partial charge in [-0.1, -0.05) is 0 Å². The summed E-state index contributed by atoms with van der Waals surface area (Å²) in [5.41, 5.74) is 0.362. The standard InChI is InChI=1S/C18H26F5N5/c1-24-17(25-7-3-8-27(2)12-18(21,22)23)26-14-6-9-28(11-14)16-5-4-13(19)10-15(16)20/h4-5,10,14H,3,6-9,11-12H2,1-2H3,(H2,24,25,26). The van der Waals surface area contributed by atoms with E-state index in [0.717, 1.165) is 12.5 Å². The van der Waals surface area contributed by atoms with E-state index in [9.17, 15) is 22.0 Å². The number of alkyl halides is 3. The van der Waals surface area contributed by atoms with Gasteiger partial charge < -0.3 is 15.5 Å². The molecule has 1 fully saturated rings. The lowest BCUT2D eigenvalue weighted by atomic mass is 10.2. The maximum absolute atomic E-state index is 13.9. The highest BCUT2D eigenvalue weighted by molar-refractivity contribution is 5.80. The molecule has 1 aliphatic heterocycles. The van der Waals surface area contributed by atoms with Gasteiger partial charge in [0.2, 0.25) is 0 Å². The number of benzene rings is 1. The van der Waals surface area contributed by atoms with Crippen LogP contribution in [-0.4, -0.2) is 69.9 Å². The molecule has 10 heteroatoms. The molecule has 1 saturated heterocycles. The van der Waals surface area contributed by atoms with Crippen molar-refractivity contribution in [2.24, 2.45) is 4.99 Å². The molecule has 0 aromatic heterocycles. The van der Waals surface area contributed by atoms with Crippen molar-refractivity contribution in [1.29, 1.82) is 0 Å². The number of nitrogens with one attached hydrogen (secondary N) is 2. The summed E-state index contributed by atoms with van der Waals surface area (Å²) < 4.78 is 63.8. The highest BCUT2D eigenvalue weighted by Crippen LogP contribution is 2.24. The zero-order valence-electron chi connectivity index (χ0n) is 16.0. The Hall–Kier alpha value is -2.10. The molecular formula is C18H26F5N5. The van der Waals surface area contributed by atoms with Gasteiger partial charge in [0, 0.05) is 38.8 Å². The minimum absolute atomic E-state index is 0.0311. The summed E-state index contributed by atoms with van der Waals surface area (Å²) in [5, 5.41) is 6.31. The minimum Gasteiger partial charge on any atom is -0.367 e. The van der Waals surface area contributed by atoms with Gasteiger partial charge in [-0.15, -0.1) is 0 Å². The van der Waals surface area contributed by atoms with Gasteiger partial charge in [0.15, 0.2) is 5.96 Å². The lowest BCUT2D eigenvalue weighted by Crippen LogP contribution is -2.45. The van der Waals surface area contributed by atoms with E-state index in [-0.39, 0.29) is 6.04 Å². The fraction of sp³-hybridized carbons (Fsp3) is 0.611. The number of hydrogen-bond donors (Lipinski definition) is 2. The van der Waals surface area contributed by atoms with Crippen LogP contribution < -0.4 is 15.5 Å². The summed E-state index contributed by atoms with van der Waals surface area (Å²) in [7, 11) is 3.04. The monoisotopic (exact) mass is 407 g/mol. The fourth-order valence-corrected chi connectivity index (χ4v) is 3.16. The molecule has 0 amide bonds. The zero-order valence-corrected chi connectivity index (χ0v) is 16.0. The van der Waals surface area contributed by atoms with Crippen molar-refractivity contribution in [3.05, 3.63) is 29.8 Å². The quantitative estimate of drug-likeness (QED) is 0.316. The lowest BCUT2D eigenvalue weighted by Gasteiger charge is -2.21. The molecule has 1 aromatic carbocycles. The van der Waals surface area contributed by atoms with Crippen molar-refractivity contribution >= 4 is 11.6 Å². The van der Waals surface area contributed by atoms with E-state index in [1.165, 1.54) is 24.1 Å². The summed E-state index contributed by atoms with van der Waals surface area (Å²) in [6.45, 7) is 1.02. The summed E-state index contributed by atoms with van der Waals surface area (Å²) in [6.07, 6.45) is -2.91. The number of halogens is 5. The maximum atomic E-state index is 13.9. The van der Waals surface area contributed by atoms with Crippen LogP contribution in [0.25, 0.3) is 0 Å². The van der Waals surface area contributed by atoms with Gasteiger partial charge in [-0.3, -0.25) is 9.89 Å². The average Bonchev–Trinajstić information content (AvgIpc) is 3.04. The highest BCUT2D eigenvalue weighted by Gasteiger charge is 2.29. The summed E-state index contributed by atoms with van der Waals surface area (Å²) in [5.74, 6) is -0.656. The zero-order chi connectivity index (χ0) is 20.7. The van der Waals surface area contributed by atoms with Crippen LogP contribution in [-0.2, 0) is 0 Å². The number of hydrogen-bond acceptors (Lipinski definition) is 3. The summed E-state index contributed by atoms with van der Waals surface area (Å²) >= 11 is 0. The van der Waals surface area contributed by atoms with Gasteiger partial charge in [-0.2, -0.15) is 13.2 Å². The van der Waals surface area contributed by atoms with Crippen molar-refractivity contribution in [3.63, 3.8) is 0 Å². The molecule has 158 valence electrons.